The summed E-state index contributed by atoms with van der Waals surface area (Å²) in [5.74, 6) is 0.623. The molecule has 1 aromatic rings. The number of rotatable bonds is 2. The van der Waals surface area contributed by atoms with Crippen LogP contribution in [0, 0.1) is 11.3 Å². The van der Waals surface area contributed by atoms with Crippen LogP contribution in [0.3, 0.4) is 0 Å². The van der Waals surface area contributed by atoms with Crippen molar-refractivity contribution in [3.8, 4) is 11.8 Å². The van der Waals surface area contributed by atoms with Gasteiger partial charge in [0.15, 0.2) is 11.5 Å². The minimum Gasteiger partial charge on any atom is -0.497 e. The molecule has 0 unspecified atom stereocenters. The Morgan fingerprint density at radius 3 is 2.95 bits per heavy atom. The van der Waals surface area contributed by atoms with Gasteiger partial charge in [0.2, 0.25) is 5.88 Å². The second-order valence-electron chi connectivity index (χ2n) is 4.98. The third-order valence-corrected chi connectivity index (χ3v) is 3.83. The molecule has 0 aromatic heterocycles. The summed E-state index contributed by atoms with van der Waals surface area (Å²) in [6, 6.07) is 9.55. The minimum atomic E-state index is -0.333. The number of benzene rings is 1. The van der Waals surface area contributed by atoms with E-state index in [-0.39, 0.29) is 17.6 Å². The standard InChI is InChI=1S/C16H14N2O3/c1-20-10-4-2-3-9(7-10)14-11-5-6-13(19)15(11)21-16(18)12(14)8-17/h2-4,7,14H,5-6,18H2,1H3/t14-/m1/s1. The number of ether oxygens (including phenoxy) is 2. The lowest BCUT2D eigenvalue weighted by Crippen LogP contribution is -2.20. The molecular weight excluding hydrogens is 268 g/mol. The first-order chi connectivity index (χ1) is 10.2. The van der Waals surface area contributed by atoms with Gasteiger partial charge < -0.3 is 15.2 Å². The number of methoxy groups -OCH3 is 1. The van der Waals surface area contributed by atoms with Crippen molar-refractivity contribution >= 4 is 5.78 Å². The Morgan fingerprint density at radius 2 is 2.24 bits per heavy atom. The fraction of sp³-hybridized carbons (Fsp3) is 0.250. The van der Waals surface area contributed by atoms with Crippen molar-refractivity contribution in [3.05, 3.63) is 52.6 Å². The Kier molecular flexibility index (Phi) is 3.15. The van der Waals surface area contributed by atoms with Crippen LogP contribution in [0.2, 0.25) is 0 Å². The van der Waals surface area contributed by atoms with Crippen LogP contribution < -0.4 is 10.5 Å². The lowest BCUT2D eigenvalue weighted by Gasteiger charge is -2.25. The second kappa shape index (κ2) is 4.98. The normalized spacial score (nSPS) is 21.0. The van der Waals surface area contributed by atoms with E-state index in [1.807, 2.05) is 24.3 Å². The van der Waals surface area contributed by atoms with Crippen molar-refractivity contribution < 1.29 is 14.3 Å². The van der Waals surface area contributed by atoms with Gasteiger partial charge in [0.1, 0.15) is 17.4 Å². The zero-order valence-electron chi connectivity index (χ0n) is 11.6. The van der Waals surface area contributed by atoms with Gasteiger partial charge in [0.25, 0.3) is 0 Å². The van der Waals surface area contributed by atoms with Crippen molar-refractivity contribution in [1.82, 2.24) is 0 Å². The monoisotopic (exact) mass is 282 g/mol. The van der Waals surface area contributed by atoms with E-state index in [1.54, 1.807) is 7.11 Å². The summed E-state index contributed by atoms with van der Waals surface area (Å²) in [5, 5.41) is 9.40. The molecule has 21 heavy (non-hydrogen) atoms. The summed E-state index contributed by atoms with van der Waals surface area (Å²) >= 11 is 0. The number of carbonyl (C=O) groups is 1. The molecule has 106 valence electrons. The first kappa shape index (κ1) is 13.3. The maximum absolute atomic E-state index is 11.9. The SMILES string of the molecule is COc1cccc([C@H]2C(C#N)=C(N)OC3=C2CCC3=O)c1. The lowest BCUT2D eigenvalue weighted by atomic mass is 9.83. The number of hydrogen-bond donors (Lipinski definition) is 1. The number of nitrogens with two attached hydrogens (primary N) is 1. The molecule has 1 heterocycles. The van der Waals surface area contributed by atoms with Gasteiger partial charge in [0.05, 0.1) is 7.11 Å². The maximum atomic E-state index is 11.9. The van der Waals surface area contributed by atoms with Crippen LogP contribution in [0.4, 0.5) is 0 Å². The zero-order valence-corrected chi connectivity index (χ0v) is 11.6. The number of Topliss-reactive ketones (excluding diaryl/α,β-unsaturated/α-hetero) is 1. The van der Waals surface area contributed by atoms with Crippen molar-refractivity contribution in [2.24, 2.45) is 5.73 Å². The number of allylic oxidation sites excluding steroid dienone is 3. The molecule has 0 amide bonds. The van der Waals surface area contributed by atoms with Gasteiger partial charge in [-0.3, -0.25) is 4.79 Å². The van der Waals surface area contributed by atoms with Gasteiger partial charge in [-0.25, -0.2) is 0 Å². The molecule has 0 saturated carbocycles. The van der Waals surface area contributed by atoms with Crippen LogP contribution in [-0.2, 0) is 9.53 Å². The largest absolute Gasteiger partial charge is 0.497 e. The number of nitrogens with zero attached hydrogens (tertiary/aromatic N) is 1. The Labute approximate surface area is 122 Å². The molecule has 0 spiro atoms. The molecule has 2 aliphatic rings. The van der Waals surface area contributed by atoms with Crippen molar-refractivity contribution in [2.45, 2.75) is 18.8 Å². The molecule has 5 heteroatoms. The third kappa shape index (κ3) is 2.05. The fourth-order valence-electron chi connectivity index (χ4n) is 2.84. The molecule has 3 rings (SSSR count). The van der Waals surface area contributed by atoms with Crippen LogP contribution >= 0.6 is 0 Å². The average Bonchev–Trinajstić information content (AvgIpc) is 2.87. The van der Waals surface area contributed by atoms with Gasteiger partial charge in [-0.15, -0.1) is 0 Å². The Morgan fingerprint density at radius 1 is 1.43 bits per heavy atom. The highest BCUT2D eigenvalue weighted by atomic mass is 16.5. The van der Waals surface area contributed by atoms with Crippen LogP contribution in [-0.4, -0.2) is 12.9 Å². The molecule has 1 aliphatic heterocycles. The minimum absolute atomic E-state index is 0.0133. The summed E-state index contributed by atoms with van der Waals surface area (Å²) in [4.78, 5) is 11.9. The highest BCUT2D eigenvalue weighted by molar-refractivity contribution is 5.98. The van der Waals surface area contributed by atoms with Crippen molar-refractivity contribution in [1.29, 1.82) is 5.26 Å². The number of hydrogen-bond acceptors (Lipinski definition) is 5. The average molecular weight is 282 g/mol. The smallest absolute Gasteiger partial charge is 0.205 e. The van der Waals surface area contributed by atoms with Crippen molar-refractivity contribution in [2.75, 3.05) is 7.11 Å². The van der Waals surface area contributed by atoms with E-state index < -0.39 is 0 Å². The first-order valence-electron chi connectivity index (χ1n) is 6.63. The van der Waals surface area contributed by atoms with E-state index in [9.17, 15) is 10.1 Å². The quantitative estimate of drug-likeness (QED) is 0.898. The summed E-state index contributed by atoms with van der Waals surface area (Å²) in [6.45, 7) is 0. The molecule has 0 saturated heterocycles. The predicted octanol–water partition coefficient (Wildman–Crippen LogP) is 2.12. The van der Waals surface area contributed by atoms with Gasteiger partial charge in [-0.2, -0.15) is 5.26 Å². The third-order valence-electron chi connectivity index (χ3n) is 3.83. The van der Waals surface area contributed by atoms with Crippen LogP contribution in [0.25, 0.3) is 0 Å². The molecule has 1 atom stereocenters. The molecule has 0 bridgehead atoms. The highest BCUT2D eigenvalue weighted by Gasteiger charge is 2.38. The van der Waals surface area contributed by atoms with Gasteiger partial charge in [0, 0.05) is 12.3 Å². The molecule has 0 fully saturated rings. The second-order valence-corrected chi connectivity index (χ2v) is 4.98. The van der Waals surface area contributed by atoms with E-state index in [0.29, 0.717) is 29.9 Å². The Balaban J connectivity index is 2.15. The predicted molar refractivity (Wildman–Crippen MR) is 74.9 cm³/mol. The summed E-state index contributed by atoms with van der Waals surface area (Å²) < 4.78 is 10.6. The number of ketones is 1. The van der Waals surface area contributed by atoms with Crippen LogP contribution in [0.5, 0.6) is 5.75 Å². The van der Waals surface area contributed by atoms with Gasteiger partial charge in [-0.05, 0) is 29.7 Å². The molecule has 1 aromatic carbocycles. The van der Waals surface area contributed by atoms with Crippen LogP contribution in [0.15, 0.2) is 47.1 Å². The van der Waals surface area contributed by atoms with E-state index in [2.05, 4.69) is 6.07 Å². The molecule has 2 N–H and O–H groups in total. The highest BCUT2D eigenvalue weighted by Crippen LogP contribution is 2.45. The fourth-order valence-corrected chi connectivity index (χ4v) is 2.84. The Bertz CT molecular complexity index is 725. The first-order valence-corrected chi connectivity index (χ1v) is 6.63. The summed E-state index contributed by atoms with van der Waals surface area (Å²) in [7, 11) is 1.59. The molecule has 5 nitrogen and oxygen atoms in total. The van der Waals surface area contributed by atoms with E-state index in [4.69, 9.17) is 15.2 Å². The zero-order chi connectivity index (χ0) is 15.0. The molecule has 0 radical (unpaired) electrons. The van der Waals surface area contributed by atoms with Crippen molar-refractivity contribution in [3.63, 3.8) is 0 Å². The maximum Gasteiger partial charge on any atom is 0.205 e. The summed E-state index contributed by atoms with van der Waals surface area (Å²) in [6.07, 6.45) is 0.992. The van der Waals surface area contributed by atoms with Gasteiger partial charge in [-0.1, -0.05) is 12.1 Å². The Hall–Kier alpha value is -2.74. The number of carbonyl (C=O) groups excluding carboxylic acids is 1. The van der Waals surface area contributed by atoms with E-state index in [0.717, 1.165) is 11.1 Å². The lowest BCUT2D eigenvalue weighted by molar-refractivity contribution is -0.117. The number of nitriles is 1. The summed E-state index contributed by atoms with van der Waals surface area (Å²) in [5.41, 5.74) is 7.87. The van der Waals surface area contributed by atoms with Crippen LogP contribution in [0.1, 0.15) is 24.3 Å². The van der Waals surface area contributed by atoms with Gasteiger partial charge >= 0.3 is 0 Å². The topological polar surface area (TPSA) is 85.3 Å². The van der Waals surface area contributed by atoms with E-state index >= 15 is 0 Å². The molecular formula is C16H14N2O3. The molecule has 1 aliphatic carbocycles. The van der Waals surface area contributed by atoms with E-state index in [1.165, 1.54) is 0 Å².